The molecule has 0 spiro atoms. The molecule has 2 heterocycles. The van der Waals surface area contributed by atoms with E-state index in [2.05, 4.69) is 0 Å². The summed E-state index contributed by atoms with van der Waals surface area (Å²) in [7, 11) is -2.65. The Bertz CT molecular complexity index is 923. The van der Waals surface area contributed by atoms with Gasteiger partial charge in [0.05, 0.1) is 35.2 Å². The highest BCUT2D eigenvalue weighted by atomic mass is 32.2. The molecule has 2 aliphatic heterocycles. The number of amides is 1. The number of rotatable bonds is 4. The molecule has 2 atom stereocenters. The van der Waals surface area contributed by atoms with E-state index in [1.807, 2.05) is 0 Å². The van der Waals surface area contributed by atoms with E-state index in [0.29, 0.717) is 11.4 Å². The number of carbonyl (C=O) groups excluding carboxylic acids is 1. The second-order valence-electron chi connectivity index (χ2n) is 6.49. The highest BCUT2D eigenvalue weighted by Gasteiger charge is 2.50. The van der Waals surface area contributed by atoms with Crippen molar-refractivity contribution in [1.29, 1.82) is 0 Å². The Morgan fingerprint density at radius 1 is 1.24 bits per heavy atom. The van der Waals surface area contributed by atoms with Crippen molar-refractivity contribution in [1.82, 2.24) is 4.31 Å². The van der Waals surface area contributed by atoms with Crippen molar-refractivity contribution in [2.24, 2.45) is 5.92 Å². The van der Waals surface area contributed by atoms with Gasteiger partial charge in [-0.3, -0.25) is 4.79 Å². The van der Waals surface area contributed by atoms with E-state index in [0.717, 1.165) is 4.31 Å². The van der Waals surface area contributed by atoms with Gasteiger partial charge >= 0.3 is 0 Å². The van der Waals surface area contributed by atoms with E-state index in [-0.39, 0.29) is 34.6 Å². The minimum atomic E-state index is -3.69. The predicted octanol–water partition coefficient (Wildman–Crippen LogP) is 0.0954. The first kappa shape index (κ1) is 18.2. The molecule has 1 aromatic rings. The molecule has 2 aliphatic rings. The van der Waals surface area contributed by atoms with Crippen molar-refractivity contribution < 1.29 is 26.4 Å². The fraction of sp³-hybridized carbons (Fsp3) is 0.533. The average molecular weight is 388 g/mol. The fourth-order valence-corrected chi connectivity index (χ4v) is 6.42. The molecule has 0 N–H and O–H groups in total. The van der Waals surface area contributed by atoms with E-state index in [1.54, 1.807) is 0 Å². The SMILES string of the molecule is COc1ccc(S(=O)(=O)N(C)C)cc1N1C(=O)CC2CS(=O)(=O)CC21. The third kappa shape index (κ3) is 3.02. The summed E-state index contributed by atoms with van der Waals surface area (Å²) in [6.45, 7) is 0. The number of carbonyl (C=O) groups is 1. The molecule has 8 nitrogen and oxygen atoms in total. The van der Waals surface area contributed by atoms with Gasteiger partial charge in [0, 0.05) is 26.4 Å². The molecular formula is C15H20N2O6S2. The Labute approximate surface area is 147 Å². The number of benzene rings is 1. The normalized spacial score (nSPS) is 25.4. The molecule has 1 aromatic carbocycles. The summed E-state index contributed by atoms with van der Waals surface area (Å²) >= 11 is 0. The lowest BCUT2D eigenvalue weighted by Gasteiger charge is -2.26. The highest BCUT2D eigenvalue weighted by Crippen LogP contribution is 2.41. The van der Waals surface area contributed by atoms with Gasteiger partial charge in [0.15, 0.2) is 9.84 Å². The van der Waals surface area contributed by atoms with E-state index in [4.69, 9.17) is 4.74 Å². The zero-order chi connectivity index (χ0) is 18.6. The second-order valence-corrected chi connectivity index (χ2v) is 10.8. The van der Waals surface area contributed by atoms with E-state index >= 15 is 0 Å². The van der Waals surface area contributed by atoms with Crippen LogP contribution >= 0.6 is 0 Å². The molecule has 138 valence electrons. The topological polar surface area (TPSA) is 101 Å². The van der Waals surface area contributed by atoms with Crippen molar-refractivity contribution in [2.75, 3.05) is 37.6 Å². The van der Waals surface area contributed by atoms with Gasteiger partial charge in [-0.1, -0.05) is 0 Å². The van der Waals surface area contributed by atoms with E-state index in [1.165, 1.54) is 44.3 Å². The average Bonchev–Trinajstić information content (AvgIpc) is 2.96. The molecule has 0 bridgehead atoms. The maximum atomic E-state index is 12.5. The number of methoxy groups -OCH3 is 1. The minimum Gasteiger partial charge on any atom is -0.495 e. The molecule has 1 amide bonds. The first-order valence-corrected chi connectivity index (χ1v) is 11.0. The van der Waals surface area contributed by atoms with Crippen LogP contribution in [0.5, 0.6) is 5.75 Å². The molecule has 0 aromatic heterocycles. The fourth-order valence-electron chi connectivity index (χ4n) is 3.43. The Hall–Kier alpha value is -1.65. The molecule has 25 heavy (non-hydrogen) atoms. The van der Waals surface area contributed by atoms with Crippen LogP contribution in [0.1, 0.15) is 6.42 Å². The third-order valence-corrected chi connectivity index (χ3v) is 8.26. The standard InChI is InChI=1S/C15H20N2O6S2/c1-16(2)25(21,22)11-4-5-14(23-3)12(7-11)17-13-9-24(19,20)8-10(13)6-15(17)18/h4-5,7,10,13H,6,8-9H2,1-3H3. The minimum absolute atomic E-state index is 0.0160. The zero-order valence-electron chi connectivity index (χ0n) is 14.2. The summed E-state index contributed by atoms with van der Waals surface area (Å²) in [5.41, 5.74) is 0.292. The van der Waals surface area contributed by atoms with Gasteiger partial charge in [0.2, 0.25) is 15.9 Å². The van der Waals surface area contributed by atoms with Gasteiger partial charge in [-0.25, -0.2) is 21.1 Å². The van der Waals surface area contributed by atoms with Crippen LogP contribution in [0.15, 0.2) is 23.1 Å². The maximum absolute atomic E-state index is 12.5. The van der Waals surface area contributed by atoms with Gasteiger partial charge in [0.1, 0.15) is 5.75 Å². The molecule has 0 aliphatic carbocycles. The Morgan fingerprint density at radius 3 is 2.52 bits per heavy atom. The number of sulfonamides is 1. The van der Waals surface area contributed by atoms with Gasteiger partial charge < -0.3 is 9.64 Å². The number of hydrogen-bond acceptors (Lipinski definition) is 6. The quantitative estimate of drug-likeness (QED) is 0.725. The highest BCUT2D eigenvalue weighted by molar-refractivity contribution is 7.91. The van der Waals surface area contributed by atoms with Crippen LogP contribution in [0.3, 0.4) is 0 Å². The molecule has 2 fully saturated rings. The molecule has 2 saturated heterocycles. The summed E-state index contributed by atoms with van der Waals surface area (Å²) in [4.78, 5) is 13.9. The van der Waals surface area contributed by atoms with Gasteiger partial charge in [-0.15, -0.1) is 0 Å². The maximum Gasteiger partial charge on any atom is 0.242 e. The first-order chi connectivity index (χ1) is 11.6. The Kier molecular flexibility index (Phi) is 4.33. The lowest BCUT2D eigenvalue weighted by Crippen LogP contribution is -2.36. The molecular weight excluding hydrogens is 368 g/mol. The van der Waals surface area contributed by atoms with E-state index < -0.39 is 25.9 Å². The summed E-state index contributed by atoms with van der Waals surface area (Å²) in [6.07, 6.45) is 0.137. The van der Waals surface area contributed by atoms with Crippen molar-refractivity contribution >= 4 is 31.5 Å². The number of anilines is 1. The van der Waals surface area contributed by atoms with Crippen LogP contribution in [-0.4, -0.2) is 65.8 Å². The van der Waals surface area contributed by atoms with Crippen LogP contribution in [0.25, 0.3) is 0 Å². The van der Waals surface area contributed by atoms with Crippen molar-refractivity contribution in [3.63, 3.8) is 0 Å². The van der Waals surface area contributed by atoms with Gasteiger partial charge in [-0.2, -0.15) is 0 Å². The van der Waals surface area contributed by atoms with Crippen LogP contribution in [0, 0.1) is 5.92 Å². The van der Waals surface area contributed by atoms with E-state index in [9.17, 15) is 21.6 Å². The van der Waals surface area contributed by atoms with Crippen LogP contribution in [-0.2, 0) is 24.7 Å². The van der Waals surface area contributed by atoms with Crippen molar-refractivity contribution in [3.8, 4) is 5.75 Å². The Balaban J connectivity index is 2.11. The monoisotopic (exact) mass is 388 g/mol. The molecule has 0 radical (unpaired) electrons. The van der Waals surface area contributed by atoms with Crippen molar-refractivity contribution in [3.05, 3.63) is 18.2 Å². The number of nitrogens with zero attached hydrogens (tertiary/aromatic N) is 2. The second kappa shape index (κ2) is 5.96. The predicted molar refractivity (Wildman–Crippen MR) is 91.9 cm³/mol. The van der Waals surface area contributed by atoms with Gasteiger partial charge in [0.25, 0.3) is 0 Å². The first-order valence-electron chi connectivity index (χ1n) is 7.70. The number of fused-ring (bicyclic) bond motifs is 1. The molecule has 0 saturated carbocycles. The lowest BCUT2D eigenvalue weighted by molar-refractivity contribution is -0.117. The molecule has 10 heteroatoms. The molecule has 3 rings (SSSR count). The van der Waals surface area contributed by atoms with Crippen LogP contribution < -0.4 is 9.64 Å². The largest absolute Gasteiger partial charge is 0.495 e. The number of sulfone groups is 1. The molecule has 2 unspecified atom stereocenters. The number of ether oxygens (including phenoxy) is 1. The lowest BCUT2D eigenvalue weighted by atomic mass is 10.0. The third-order valence-electron chi connectivity index (χ3n) is 4.66. The van der Waals surface area contributed by atoms with Crippen LogP contribution in [0.2, 0.25) is 0 Å². The smallest absolute Gasteiger partial charge is 0.242 e. The summed E-state index contributed by atoms with van der Waals surface area (Å²) in [5, 5.41) is 0. The van der Waals surface area contributed by atoms with Crippen molar-refractivity contribution in [2.45, 2.75) is 17.4 Å². The van der Waals surface area contributed by atoms with Crippen LogP contribution in [0.4, 0.5) is 5.69 Å². The summed E-state index contributed by atoms with van der Waals surface area (Å²) in [6, 6.07) is 3.78. The van der Waals surface area contributed by atoms with Gasteiger partial charge in [-0.05, 0) is 18.2 Å². The Morgan fingerprint density at radius 2 is 1.92 bits per heavy atom. The summed E-state index contributed by atoms with van der Waals surface area (Å²) < 4.78 is 55.0. The summed E-state index contributed by atoms with van der Waals surface area (Å²) in [5.74, 6) is -0.287. The zero-order valence-corrected chi connectivity index (χ0v) is 15.8. The number of hydrogen-bond donors (Lipinski definition) is 0.